The largest absolute Gasteiger partial charge is 0.354 e. The van der Waals surface area contributed by atoms with Crippen LogP contribution in [0.3, 0.4) is 0 Å². The maximum absolute atomic E-state index is 13.0. The lowest BCUT2D eigenvalue weighted by atomic mass is 10.1. The van der Waals surface area contributed by atoms with Gasteiger partial charge in [0.05, 0.1) is 11.4 Å². The van der Waals surface area contributed by atoms with Gasteiger partial charge in [0.25, 0.3) is 0 Å². The van der Waals surface area contributed by atoms with Crippen molar-refractivity contribution in [2.45, 2.75) is 59.4 Å². The van der Waals surface area contributed by atoms with E-state index in [0.717, 1.165) is 55.0 Å². The van der Waals surface area contributed by atoms with E-state index in [1.165, 1.54) is 0 Å². The highest BCUT2D eigenvalue weighted by molar-refractivity contribution is 5.97. The first kappa shape index (κ1) is 27.1. The molecule has 1 unspecified atom stereocenters. The zero-order valence-electron chi connectivity index (χ0n) is 22.0. The van der Waals surface area contributed by atoms with Gasteiger partial charge in [-0.15, -0.1) is 0 Å². The molecule has 0 fully saturated rings. The summed E-state index contributed by atoms with van der Waals surface area (Å²) in [6, 6.07) is 19.7. The van der Waals surface area contributed by atoms with Crippen molar-refractivity contribution in [3.63, 3.8) is 0 Å². The first-order valence-corrected chi connectivity index (χ1v) is 12.9. The van der Waals surface area contributed by atoms with E-state index >= 15 is 0 Å². The van der Waals surface area contributed by atoms with Crippen LogP contribution in [0.1, 0.15) is 52.1 Å². The maximum atomic E-state index is 13.0. The molecular formula is C29H39N5O2. The van der Waals surface area contributed by atoms with Gasteiger partial charge in [-0.2, -0.15) is 5.10 Å². The molecule has 36 heavy (non-hydrogen) atoms. The van der Waals surface area contributed by atoms with Crippen LogP contribution in [0, 0.1) is 6.92 Å². The lowest BCUT2D eigenvalue weighted by molar-refractivity contribution is -0.124. The molecular weight excluding hydrogens is 450 g/mol. The SMILES string of the molecule is CCN(CC)CCCC(C)NC(=O)CCC(=O)Nc1c(-c2ccccc2)c(C)nn1-c1ccccc1. The molecule has 3 aromatic rings. The Bertz CT molecular complexity index is 1110. The molecule has 2 aromatic carbocycles. The number of hydrogen-bond donors (Lipinski definition) is 2. The minimum absolute atomic E-state index is 0.0861. The van der Waals surface area contributed by atoms with E-state index in [1.54, 1.807) is 4.68 Å². The lowest BCUT2D eigenvalue weighted by Crippen LogP contribution is -2.34. The molecule has 7 heteroatoms. The second kappa shape index (κ2) is 13.6. The number of para-hydroxylation sites is 1. The van der Waals surface area contributed by atoms with E-state index in [1.807, 2.05) is 74.5 Å². The van der Waals surface area contributed by atoms with Crippen LogP contribution in [0.15, 0.2) is 60.7 Å². The molecule has 192 valence electrons. The van der Waals surface area contributed by atoms with Gasteiger partial charge < -0.3 is 15.5 Å². The Morgan fingerprint density at radius 3 is 2.19 bits per heavy atom. The van der Waals surface area contributed by atoms with Crippen molar-refractivity contribution < 1.29 is 9.59 Å². The molecule has 0 aliphatic carbocycles. The Hall–Kier alpha value is -3.45. The molecule has 1 atom stereocenters. The number of carbonyl (C=O) groups excluding carboxylic acids is 2. The first-order valence-electron chi connectivity index (χ1n) is 12.9. The van der Waals surface area contributed by atoms with Crippen molar-refractivity contribution in [3.8, 4) is 16.8 Å². The molecule has 2 amide bonds. The zero-order valence-corrected chi connectivity index (χ0v) is 22.0. The summed E-state index contributed by atoms with van der Waals surface area (Å²) in [5.41, 5.74) is 3.52. The molecule has 3 rings (SSSR count). The van der Waals surface area contributed by atoms with E-state index in [0.29, 0.717) is 5.82 Å². The zero-order chi connectivity index (χ0) is 25.9. The van der Waals surface area contributed by atoms with Gasteiger partial charge in [-0.3, -0.25) is 9.59 Å². The molecule has 0 saturated carbocycles. The molecule has 0 bridgehead atoms. The summed E-state index contributed by atoms with van der Waals surface area (Å²) >= 11 is 0. The lowest BCUT2D eigenvalue weighted by Gasteiger charge is -2.19. The predicted octanol–water partition coefficient (Wildman–Crippen LogP) is 5.19. The summed E-state index contributed by atoms with van der Waals surface area (Å²) in [5, 5.41) is 10.8. The van der Waals surface area contributed by atoms with Gasteiger partial charge in [0.1, 0.15) is 5.82 Å². The Labute approximate surface area is 214 Å². The third-order valence-electron chi connectivity index (χ3n) is 6.37. The fourth-order valence-corrected chi connectivity index (χ4v) is 4.35. The molecule has 0 radical (unpaired) electrons. The highest BCUT2D eigenvalue weighted by Crippen LogP contribution is 2.33. The highest BCUT2D eigenvalue weighted by atomic mass is 16.2. The van der Waals surface area contributed by atoms with Crippen LogP contribution in [-0.2, 0) is 9.59 Å². The van der Waals surface area contributed by atoms with Gasteiger partial charge in [-0.05, 0) is 64.0 Å². The summed E-state index contributed by atoms with van der Waals surface area (Å²) in [4.78, 5) is 27.8. The second-order valence-corrected chi connectivity index (χ2v) is 9.11. The van der Waals surface area contributed by atoms with Gasteiger partial charge in [0, 0.05) is 24.4 Å². The first-order chi connectivity index (χ1) is 17.4. The standard InChI is InChI=1S/C29H39N5O2/c1-5-33(6-2)21-13-14-22(3)30-26(35)19-20-27(36)31-29-28(24-15-9-7-10-16-24)23(4)32-34(29)25-17-11-8-12-18-25/h7-12,15-18,22H,5-6,13-14,19-21H2,1-4H3,(H,30,35)(H,31,36). The average Bonchev–Trinajstić information content (AvgIpc) is 3.21. The van der Waals surface area contributed by atoms with Gasteiger partial charge in [-0.25, -0.2) is 4.68 Å². The number of aryl methyl sites for hydroxylation is 1. The smallest absolute Gasteiger partial charge is 0.226 e. The van der Waals surface area contributed by atoms with Crippen LogP contribution in [0.4, 0.5) is 5.82 Å². The number of hydrogen-bond acceptors (Lipinski definition) is 4. The molecule has 0 saturated heterocycles. The second-order valence-electron chi connectivity index (χ2n) is 9.11. The van der Waals surface area contributed by atoms with E-state index < -0.39 is 0 Å². The quantitative estimate of drug-likeness (QED) is 0.346. The molecule has 0 aliphatic heterocycles. The fourth-order valence-electron chi connectivity index (χ4n) is 4.35. The van der Waals surface area contributed by atoms with Gasteiger partial charge >= 0.3 is 0 Å². The number of benzene rings is 2. The summed E-state index contributed by atoms with van der Waals surface area (Å²) in [6.07, 6.45) is 2.20. The van der Waals surface area contributed by atoms with Crippen molar-refractivity contribution >= 4 is 17.6 Å². The number of amides is 2. The molecule has 1 aromatic heterocycles. The summed E-state index contributed by atoms with van der Waals surface area (Å²) < 4.78 is 1.76. The molecule has 1 heterocycles. The molecule has 7 nitrogen and oxygen atoms in total. The number of aromatic nitrogens is 2. The number of carbonyl (C=O) groups is 2. The van der Waals surface area contributed by atoms with Crippen LogP contribution in [0.5, 0.6) is 0 Å². The van der Waals surface area contributed by atoms with E-state index in [9.17, 15) is 9.59 Å². The van der Waals surface area contributed by atoms with E-state index in [-0.39, 0.29) is 30.7 Å². The third kappa shape index (κ3) is 7.52. The van der Waals surface area contributed by atoms with Gasteiger partial charge in [-0.1, -0.05) is 62.4 Å². The van der Waals surface area contributed by atoms with Crippen molar-refractivity contribution in [3.05, 3.63) is 66.4 Å². The summed E-state index contributed by atoms with van der Waals surface area (Å²) in [6.45, 7) is 11.4. The minimum atomic E-state index is -0.214. The van der Waals surface area contributed by atoms with Gasteiger partial charge in [0.15, 0.2) is 0 Å². The maximum Gasteiger partial charge on any atom is 0.226 e. The monoisotopic (exact) mass is 489 g/mol. The Morgan fingerprint density at radius 1 is 0.944 bits per heavy atom. The van der Waals surface area contributed by atoms with Crippen LogP contribution in [-0.4, -0.2) is 52.2 Å². The number of anilines is 1. The Morgan fingerprint density at radius 2 is 1.56 bits per heavy atom. The van der Waals surface area contributed by atoms with E-state index in [2.05, 4.69) is 29.4 Å². The Balaban J connectivity index is 1.63. The predicted molar refractivity (Wildman–Crippen MR) is 146 cm³/mol. The van der Waals surface area contributed by atoms with Crippen LogP contribution >= 0.6 is 0 Å². The molecule has 0 spiro atoms. The third-order valence-corrected chi connectivity index (χ3v) is 6.37. The van der Waals surface area contributed by atoms with Crippen LogP contribution < -0.4 is 10.6 Å². The van der Waals surface area contributed by atoms with Crippen molar-refractivity contribution in [2.75, 3.05) is 25.0 Å². The van der Waals surface area contributed by atoms with Crippen molar-refractivity contribution in [1.82, 2.24) is 20.0 Å². The van der Waals surface area contributed by atoms with Crippen LogP contribution in [0.2, 0.25) is 0 Å². The number of rotatable bonds is 13. The fraction of sp³-hybridized carbons (Fsp3) is 0.414. The van der Waals surface area contributed by atoms with Crippen molar-refractivity contribution in [2.24, 2.45) is 0 Å². The van der Waals surface area contributed by atoms with Gasteiger partial charge in [0.2, 0.25) is 11.8 Å². The average molecular weight is 490 g/mol. The van der Waals surface area contributed by atoms with Crippen LogP contribution in [0.25, 0.3) is 16.8 Å². The molecule has 0 aliphatic rings. The number of nitrogens with one attached hydrogen (secondary N) is 2. The highest BCUT2D eigenvalue weighted by Gasteiger charge is 2.20. The Kier molecular flexibility index (Phi) is 10.2. The van der Waals surface area contributed by atoms with Crippen molar-refractivity contribution in [1.29, 1.82) is 0 Å². The topological polar surface area (TPSA) is 79.3 Å². The van der Waals surface area contributed by atoms with E-state index in [4.69, 9.17) is 5.10 Å². The summed E-state index contributed by atoms with van der Waals surface area (Å²) in [5.74, 6) is 0.296. The molecule has 2 N–H and O–H groups in total. The minimum Gasteiger partial charge on any atom is -0.354 e. The number of nitrogens with zero attached hydrogens (tertiary/aromatic N) is 3. The normalized spacial score (nSPS) is 11.9. The summed E-state index contributed by atoms with van der Waals surface area (Å²) in [7, 11) is 0.